The van der Waals surface area contributed by atoms with Gasteiger partial charge in [0, 0.05) is 23.3 Å². The van der Waals surface area contributed by atoms with Crippen LogP contribution in [0.4, 0.5) is 8.78 Å². The second-order valence-electron chi connectivity index (χ2n) is 21.8. The van der Waals surface area contributed by atoms with Crippen molar-refractivity contribution < 1.29 is 56.4 Å². The fraction of sp³-hybridized carbons (Fsp3) is 0.618. The molecule has 0 radical (unpaired) electrons. The number of hydrogen-bond acceptors (Lipinski definition) is 10. The van der Waals surface area contributed by atoms with Crippen molar-refractivity contribution in [2.24, 2.45) is 0 Å². The number of esters is 4. The molecule has 446 valence electrons. The predicted octanol–water partition coefficient (Wildman–Crippen LogP) is 19.4. The minimum atomic E-state index is -0.885. The molecule has 80 heavy (non-hydrogen) atoms. The number of rotatable bonds is 50. The van der Waals surface area contributed by atoms with Crippen LogP contribution in [0, 0.1) is 11.6 Å². The third-order valence-corrected chi connectivity index (χ3v) is 14.3. The quantitative estimate of drug-likeness (QED) is 0.0234. The number of carbonyl (C=O) groups excluding carboxylic acids is 4. The first-order chi connectivity index (χ1) is 38.9. The first kappa shape index (κ1) is 68.8. The summed E-state index contributed by atoms with van der Waals surface area (Å²) in [7, 11) is 0. The van der Waals surface area contributed by atoms with Crippen molar-refractivity contribution in [3.63, 3.8) is 0 Å². The average Bonchev–Trinajstić information content (AvgIpc) is 3.46. The van der Waals surface area contributed by atoms with Crippen molar-refractivity contribution in [3.8, 4) is 23.0 Å². The number of ether oxygens (including phenoxy) is 6. The summed E-state index contributed by atoms with van der Waals surface area (Å²) in [5.41, 5.74) is 0.440. The van der Waals surface area contributed by atoms with E-state index in [0.717, 1.165) is 64.2 Å². The van der Waals surface area contributed by atoms with Gasteiger partial charge in [-0.15, -0.1) is 0 Å². The molecule has 3 rings (SSSR count). The molecule has 0 spiro atoms. The Labute approximate surface area is 480 Å². The fourth-order valence-electron chi connectivity index (χ4n) is 9.42. The highest BCUT2D eigenvalue weighted by atomic mass is 19.1. The first-order valence-corrected chi connectivity index (χ1v) is 31.0. The van der Waals surface area contributed by atoms with Crippen molar-refractivity contribution in [1.82, 2.24) is 0 Å². The van der Waals surface area contributed by atoms with Gasteiger partial charge in [-0.2, -0.15) is 0 Å². The van der Waals surface area contributed by atoms with Crippen molar-refractivity contribution in [2.75, 3.05) is 26.4 Å². The molecule has 3 aromatic rings. The molecule has 0 fully saturated rings. The SMILES string of the molecule is C=C(C)C(=O)OCCCCCCCCCCCCCCCCCCCCOc1ccc(C(=O)Oc2ccc(OC(=O)c3ccc(OCCCCCCCCCCCCCCCCCCCCOC(=O)C(=C)C)cc3F)cc2)c(F)c1. The van der Waals surface area contributed by atoms with Crippen LogP contribution in [0.1, 0.15) is 266 Å². The largest absolute Gasteiger partial charge is 0.493 e. The van der Waals surface area contributed by atoms with Gasteiger partial charge >= 0.3 is 23.9 Å². The summed E-state index contributed by atoms with van der Waals surface area (Å²) in [6.07, 6.45) is 43.7. The summed E-state index contributed by atoms with van der Waals surface area (Å²) in [4.78, 5) is 48.4. The van der Waals surface area contributed by atoms with Gasteiger partial charge in [0.25, 0.3) is 0 Å². The molecule has 0 bridgehead atoms. The van der Waals surface area contributed by atoms with E-state index in [2.05, 4.69) is 13.2 Å². The molecule has 0 aliphatic heterocycles. The Bertz CT molecular complexity index is 2040. The highest BCUT2D eigenvalue weighted by molar-refractivity contribution is 5.92. The average molecular weight is 1120 g/mol. The Morgan fingerprint density at radius 3 is 0.762 bits per heavy atom. The number of carbonyl (C=O) groups is 4. The molecule has 0 N–H and O–H groups in total. The van der Waals surface area contributed by atoms with Crippen LogP contribution >= 0.6 is 0 Å². The van der Waals surface area contributed by atoms with E-state index >= 15 is 0 Å². The van der Waals surface area contributed by atoms with Crippen LogP contribution in [0.2, 0.25) is 0 Å². The third-order valence-electron chi connectivity index (χ3n) is 14.3. The molecular weight excluding hydrogens is 1010 g/mol. The molecular formula is C68H100F2O10. The molecule has 3 aromatic carbocycles. The van der Waals surface area contributed by atoms with Crippen molar-refractivity contribution in [2.45, 2.75) is 245 Å². The van der Waals surface area contributed by atoms with E-state index in [0.29, 0.717) is 49.1 Å². The molecule has 10 nitrogen and oxygen atoms in total. The second-order valence-corrected chi connectivity index (χ2v) is 21.8. The maximum atomic E-state index is 15.0. The zero-order chi connectivity index (χ0) is 57.7. The van der Waals surface area contributed by atoms with Gasteiger partial charge in [0.1, 0.15) is 34.6 Å². The van der Waals surface area contributed by atoms with E-state index in [4.69, 9.17) is 28.4 Å². The van der Waals surface area contributed by atoms with E-state index in [-0.39, 0.29) is 34.6 Å². The lowest BCUT2D eigenvalue weighted by Crippen LogP contribution is -2.12. The molecule has 0 saturated heterocycles. The van der Waals surface area contributed by atoms with E-state index < -0.39 is 23.6 Å². The molecule has 12 heteroatoms. The molecule has 0 atom stereocenters. The second kappa shape index (κ2) is 45.1. The lowest BCUT2D eigenvalue weighted by Gasteiger charge is -2.10. The number of benzene rings is 3. The van der Waals surface area contributed by atoms with Crippen molar-refractivity contribution in [1.29, 1.82) is 0 Å². The van der Waals surface area contributed by atoms with Gasteiger partial charge < -0.3 is 28.4 Å². The number of unbranched alkanes of at least 4 members (excludes halogenated alkanes) is 34. The van der Waals surface area contributed by atoms with E-state index in [9.17, 15) is 28.0 Å². The van der Waals surface area contributed by atoms with Gasteiger partial charge in [0.15, 0.2) is 0 Å². The van der Waals surface area contributed by atoms with E-state index in [1.165, 1.54) is 215 Å². The standard InChI is InChI=1S/C68H100F2O10/c1-55(2)65(71)77-51-39-35-31-27-23-19-15-11-7-5-9-13-17-21-25-29-33-37-49-75-59-45-47-61(63(69)53-59)67(73)79-57-41-43-58(44-42-57)80-68(74)62-48-46-60(54-64(62)70)76-50-38-34-30-26-22-18-14-10-6-8-12-16-20-24-28-32-36-40-52-78-66(72)56(3)4/h41-48,53-54H,1,3,5-40,49-52H2,2,4H3. The van der Waals surface area contributed by atoms with Gasteiger partial charge in [-0.05, 0) is 88.1 Å². The van der Waals surface area contributed by atoms with Crippen LogP contribution in [0.3, 0.4) is 0 Å². The maximum Gasteiger partial charge on any atom is 0.346 e. The summed E-state index contributed by atoms with van der Waals surface area (Å²) in [5, 5.41) is 0. The Hall–Kier alpha value is -5.52. The minimum Gasteiger partial charge on any atom is -0.493 e. The van der Waals surface area contributed by atoms with Crippen LogP contribution < -0.4 is 18.9 Å². The van der Waals surface area contributed by atoms with Crippen LogP contribution in [0.25, 0.3) is 0 Å². The smallest absolute Gasteiger partial charge is 0.346 e. The summed E-state index contributed by atoms with van der Waals surface area (Å²) in [6, 6.07) is 13.8. The highest BCUT2D eigenvalue weighted by Crippen LogP contribution is 2.25. The topological polar surface area (TPSA) is 124 Å². The molecule has 0 aromatic heterocycles. The minimum absolute atomic E-state index is 0.115. The Morgan fingerprint density at radius 1 is 0.325 bits per heavy atom. The van der Waals surface area contributed by atoms with Gasteiger partial charge in [0.05, 0.1) is 37.6 Å². The summed E-state index contributed by atoms with van der Waals surface area (Å²) in [6.45, 7) is 12.5. The lowest BCUT2D eigenvalue weighted by molar-refractivity contribution is -0.139. The molecule has 0 aliphatic carbocycles. The monoisotopic (exact) mass is 1110 g/mol. The highest BCUT2D eigenvalue weighted by Gasteiger charge is 2.18. The molecule has 0 unspecified atom stereocenters. The van der Waals surface area contributed by atoms with Crippen LogP contribution in [-0.4, -0.2) is 50.3 Å². The third kappa shape index (κ3) is 33.9. The van der Waals surface area contributed by atoms with Gasteiger partial charge in [-0.3, -0.25) is 0 Å². The Morgan fingerprint density at radius 2 is 0.537 bits per heavy atom. The van der Waals surface area contributed by atoms with E-state index in [1.54, 1.807) is 26.0 Å². The zero-order valence-electron chi connectivity index (χ0n) is 49.3. The first-order valence-electron chi connectivity index (χ1n) is 31.0. The zero-order valence-corrected chi connectivity index (χ0v) is 49.3. The molecule has 0 amide bonds. The summed E-state index contributed by atoms with van der Waals surface area (Å²) < 4.78 is 62.5. The number of hydrogen-bond donors (Lipinski definition) is 0. The Kier molecular flexibility index (Phi) is 38.8. The van der Waals surface area contributed by atoms with Crippen LogP contribution in [0.15, 0.2) is 85.0 Å². The van der Waals surface area contributed by atoms with Crippen molar-refractivity contribution in [3.05, 3.63) is 108 Å². The van der Waals surface area contributed by atoms with Gasteiger partial charge in [-0.25, -0.2) is 28.0 Å². The summed E-state index contributed by atoms with van der Waals surface area (Å²) in [5.74, 6) is -2.93. The van der Waals surface area contributed by atoms with Crippen LogP contribution in [-0.2, 0) is 19.1 Å². The van der Waals surface area contributed by atoms with Crippen molar-refractivity contribution >= 4 is 23.9 Å². The molecule has 0 heterocycles. The fourth-order valence-corrected chi connectivity index (χ4v) is 9.42. The summed E-state index contributed by atoms with van der Waals surface area (Å²) >= 11 is 0. The van der Waals surface area contributed by atoms with Crippen LogP contribution in [0.5, 0.6) is 23.0 Å². The van der Waals surface area contributed by atoms with E-state index in [1.807, 2.05) is 0 Å². The lowest BCUT2D eigenvalue weighted by atomic mass is 10.0. The Balaban J connectivity index is 1.13. The molecule has 0 saturated carbocycles. The normalized spacial score (nSPS) is 11.1. The maximum absolute atomic E-state index is 15.0. The van der Waals surface area contributed by atoms with Gasteiger partial charge in [0.2, 0.25) is 0 Å². The predicted molar refractivity (Wildman–Crippen MR) is 318 cm³/mol. The number of halogens is 2. The van der Waals surface area contributed by atoms with Gasteiger partial charge in [-0.1, -0.05) is 219 Å². The molecule has 0 aliphatic rings.